The van der Waals surface area contributed by atoms with E-state index in [1.807, 2.05) is 17.7 Å². The number of aryl methyl sites for hydroxylation is 1. The third-order valence-electron chi connectivity index (χ3n) is 4.13. The van der Waals surface area contributed by atoms with E-state index in [0.29, 0.717) is 5.82 Å². The van der Waals surface area contributed by atoms with Crippen molar-refractivity contribution in [1.82, 2.24) is 9.78 Å². The largest absolute Gasteiger partial charge is 0.311 e. The predicted molar refractivity (Wildman–Crippen MR) is 98.5 cm³/mol. The van der Waals surface area contributed by atoms with E-state index in [0.717, 1.165) is 30.4 Å². The number of rotatable bonds is 7. The lowest BCUT2D eigenvalue weighted by Crippen LogP contribution is -2.19. The van der Waals surface area contributed by atoms with Crippen LogP contribution in [0.1, 0.15) is 44.0 Å². The molecule has 0 saturated carbocycles. The number of benzene rings is 1. The van der Waals surface area contributed by atoms with Gasteiger partial charge in [-0.1, -0.05) is 26.0 Å². The second-order valence-electron chi connectivity index (χ2n) is 6.23. The maximum absolute atomic E-state index is 12.4. The third-order valence-corrected chi connectivity index (χ3v) is 5.26. The molecule has 7 heteroatoms. The molecular weight excluding hydrogens is 338 g/mol. The van der Waals surface area contributed by atoms with Crippen molar-refractivity contribution in [1.29, 1.82) is 0 Å². The van der Waals surface area contributed by atoms with Crippen molar-refractivity contribution < 1.29 is 13.2 Å². The van der Waals surface area contributed by atoms with Gasteiger partial charge < -0.3 is 5.32 Å². The number of sulfone groups is 1. The number of nitrogens with zero attached hydrogens (tertiary/aromatic N) is 2. The van der Waals surface area contributed by atoms with Crippen molar-refractivity contribution in [2.75, 3.05) is 11.6 Å². The van der Waals surface area contributed by atoms with Crippen LogP contribution in [-0.2, 0) is 21.1 Å². The van der Waals surface area contributed by atoms with Gasteiger partial charge in [0, 0.05) is 12.3 Å². The zero-order valence-electron chi connectivity index (χ0n) is 15.1. The van der Waals surface area contributed by atoms with Crippen LogP contribution in [0.2, 0.25) is 0 Å². The van der Waals surface area contributed by atoms with E-state index in [1.165, 1.54) is 12.1 Å². The van der Waals surface area contributed by atoms with Crippen LogP contribution in [0.15, 0.2) is 35.2 Å². The topological polar surface area (TPSA) is 81.1 Å². The fourth-order valence-corrected chi connectivity index (χ4v) is 3.38. The molecule has 1 aromatic heterocycles. The van der Waals surface area contributed by atoms with Gasteiger partial charge >= 0.3 is 0 Å². The first kappa shape index (κ1) is 19.2. The number of carbonyl (C=O) groups is 1. The summed E-state index contributed by atoms with van der Waals surface area (Å²) in [6.07, 6.45) is 3.22. The molecule has 0 fully saturated rings. The van der Waals surface area contributed by atoms with Crippen LogP contribution < -0.4 is 5.32 Å². The van der Waals surface area contributed by atoms with Crippen LogP contribution in [0.3, 0.4) is 0 Å². The van der Waals surface area contributed by atoms with E-state index < -0.39 is 9.84 Å². The summed E-state index contributed by atoms with van der Waals surface area (Å²) in [5, 5.41) is 7.40. The minimum atomic E-state index is -3.23. The molecule has 1 heterocycles. The Labute approximate surface area is 149 Å². The van der Waals surface area contributed by atoms with E-state index in [2.05, 4.69) is 24.3 Å². The van der Waals surface area contributed by atoms with Crippen molar-refractivity contribution >= 4 is 21.6 Å². The molecule has 0 aliphatic heterocycles. The summed E-state index contributed by atoms with van der Waals surface area (Å²) in [7, 11) is -3.23. The summed E-state index contributed by atoms with van der Waals surface area (Å²) in [5.41, 5.74) is 1.62. The molecule has 0 spiro atoms. The average molecular weight is 363 g/mol. The first-order valence-electron chi connectivity index (χ1n) is 8.39. The van der Waals surface area contributed by atoms with Crippen molar-refractivity contribution in [3.8, 4) is 0 Å². The van der Waals surface area contributed by atoms with E-state index in [4.69, 9.17) is 0 Å². The Kier molecular flexibility index (Phi) is 6.00. The lowest BCUT2D eigenvalue weighted by Gasteiger charge is -2.17. The minimum absolute atomic E-state index is 0.154. The molecule has 0 aliphatic rings. The summed E-state index contributed by atoms with van der Waals surface area (Å²) in [6.45, 7) is 6.10. The molecule has 1 amide bonds. The lowest BCUT2D eigenvalue weighted by atomic mass is 10.1. The molecule has 136 valence electrons. The molecule has 25 heavy (non-hydrogen) atoms. The molecule has 0 saturated heterocycles. The van der Waals surface area contributed by atoms with Gasteiger partial charge in [-0.15, -0.1) is 0 Å². The molecule has 0 radical (unpaired) electrons. The molecule has 2 rings (SSSR count). The zero-order valence-corrected chi connectivity index (χ0v) is 15.9. The van der Waals surface area contributed by atoms with Crippen LogP contribution >= 0.6 is 0 Å². The van der Waals surface area contributed by atoms with Crippen LogP contribution in [0.4, 0.5) is 5.82 Å². The molecule has 0 aliphatic carbocycles. The van der Waals surface area contributed by atoms with Crippen molar-refractivity contribution in [2.45, 2.75) is 51.0 Å². The fraction of sp³-hybridized carbons (Fsp3) is 0.444. The van der Waals surface area contributed by atoms with Gasteiger partial charge in [0.1, 0.15) is 5.82 Å². The number of carbonyl (C=O) groups excluding carboxylic acids is 1. The first-order chi connectivity index (χ1) is 11.7. The number of nitrogens with one attached hydrogen (secondary N) is 1. The van der Waals surface area contributed by atoms with Gasteiger partial charge in [-0.2, -0.15) is 5.10 Å². The maximum atomic E-state index is 12.4. The molecule has 0 unspecified atom stereocenters. The summed E-state index contributed by atoms with van der Waals surface area (Å²) in [4.78, 5) is 12.6. The Morgan fingerprint density at radius 2 is 1.80 bits per heavy atom. The smallest absolute Gasteiger partial charge is 0.229 e. The monoisotopic (exact) mass is 363 g/mol. The molecular formula is C18H25N3O3S. The Balaban J connectivity index is 2.10. The van der Waals surface area contributed by atoms with E-state index >= 15 is 0 Å². The Morgan fingerprint density at radius 3 is 2.32 bits per heavy atom. The summed E-state index contributed by atoms with van der Waals surface area (Å²) in [5.74, 6) is 0.545. The molecule has 2 aromatic rings. The van der Waals surface area contributed by atoms with Crippen LogP contribution in [-0.4, -0.2) is 30.4 Å². The van der Waals surface area contributed by atoms with E-state index in [9.17, 15) is 13.2 Å². The van der Waals surface area contributed by atoms with Crippen molar-refractivity contribution in [3.63, 3.8) is 0 Å². The summed E-state index contributed by atoms with van der Waals surface area (Å²) < 4.78 is 24.8. The fourth-order valence-electron chi connectivity index (χ4n) is 2.75. The number of amides is 1. The van der Waals surface area contributed by atoms with Crippen LogP contribution in [0, 0.1) is 6.92 Å². The highest BCUT2D eigenvalue weighted by Crippen LogP contribution is 2.22. The number of hydrogen-bond acceptors (Lipinski definition) is 4. The van der Waals surface area contributed by atoms with Crippen molar-refractivity contribution in [2.24, 2.45) is 0 Å². The quantitative estimate of drug-likeness (QED) is 0.819. The van der Waals surface area contributed by atoms with Crippen LogP contribution in [0.5, 0.6) is 0 Å². The Bertz CT molecular complexity index is 835. The highest BCUT2D eigenvalue weighted by atomic mass is 32.2. The summed E-state index contributed by atoms with van der Waals surface area (Å²) >= 11 is 0. The Hall–Kier alpha value is -2.15. The molecule has 1 aromatic carbocycles. The van der Waals surface area contributed by atoms with E-state index in [1.54, 1.807) is 12.1 Å². The molecule has 0 atom stereocenters. The minimum Gasteiger partial charge on any atom is -0.311 e. The molecule has 1 N–H and O–H groups in total. The van der Waals surface area contributed by atoms with Gasteiger partial charge in [-0.05, 0) is 37.5 Å². The Morgan fingerprint density at radius 1 is 1.20 bits per heavy atom. The van der Waals surface area contributed by atoms with Crippen LogP contribution in [0.25, 0.3) is 0 Å². The molecule has 6 nitrogen and oxygen atoms in total. The number of anilines is 1. The summed E-state index contributed by atoms with van der Waals surface area (Å²) in [6, 6.07) is 8.49. The molecule has 0 bridgehead atoms. The normalized spacial score (nSPS) is 11.7. The van der Waals surface area contributed by atoms with E-state index in [-0.39, 0.29) is 23.3 Å². The lowest BCUT2D eigenvalue weighted by molar-refractivity contribution is -0.115. The second kappa shape index (κ2) is 7.82. The van der Waals surface area contributed by atoms with Gasteiger partial charge in [0.2, 0.25) is 5.91 Å². The van der Waals surface area contributed by atoms with Gasteiger partial charge in [0.05, 0.1) is 23.1 Å². The SMILES string of the molecule is CCC(CC)n1nc(C)cc1NC(=O)Cc1ccc(S(C)(=O)=O)cc1. The predicted octanol–water partition coefficient (Wildman–Crippen LogP) is 3.14. The van der Waals surface area contributed by atoms with Gasteiger partial charge in [0.25, 0.3) is 0 Å². The highest BCUT2D eigenvalue weighted by Gasteiger charge is 2.15. The standard InChI is InChI=1S/C18H25N3O3S/c1-5-15(6-2)21-17(11-13(3)20-21)19-18(22)12-14-7-9-16(10-8-14)25(4,23)24/h7-11,15H,5-6,12H2,1-4H3,(H,19,22). The average Bonchev–Trinajstić information content (AvgIpc) is 2.88. The zero-order chi connectivity index (χ0) is 18.6. The van der Waals surface area contributed by atoms with Crippen molar-refractivity contribution in [3.05, 3.63) is 41.6 Å². The number of hydrogen-bond donors (Lipinski definition) is 1. The highest BCUT2D eigenvalue weighted by molar-refractivity contribution is 7.90. The first-order valence-corrected chi connectivity index (χ1v) is 10.3. The van der Waals surface area contributed by atoms with Gasteiger partial charge in [-0.3, -0.25) is 4.79 Å². The maximum Gasteiger partial charge on any atom is 0.229 e. The van der Waals surface area contributed by atoms with Gasteiger partial charge in [-0.25, -0.2) is 13.1 Å². The van der Waals surface area contributed by atoms with Gasteiger partial charge in [0.15, 0.2) is 9.84 Å². The number of aromatic nitrogens is 2. The third kappa shape index (κ3) is 4.92. The second-order valence-corrected chi connectivity index (χ2v) is 8.24.